The second-order valence-corrected chi connectivity index (χ2v) is 9.11. The standard InChI is InChI=1S/C29H24BrFN4O5/c1-17(22(30)15-32-16-36)28(18-4-6-19(31)7-5-18)29(37)35-20-8-9-27(34-14-20)40-24-10-11-33-23-13-26(39-3)25(38-2)12-21(23)24/h4-16H,1-3H3,(H,32,36)(H,35,37)/b22-15+,28-17+. The molecular formula is C29H24BrFN4O5. The number of rotatable bonds is 10. The van der Waals surface area contributed by atoms with Gasteiger partial charge >= 0.3 is 0 Å². The Morgan fingerprint density at radius 1 is 0.975 bits per heavy atom. The number of allylic oxidation sites excluding steroid dienone is 2. The van der Waals surface area contributed by atoms with Gasteiger partial charge in [-0.25, -0.2) is 9.37 Å². The lowest BCUT2D eigenvalue weighted by atomic mass is 9.99. The summed E-state index contributed by atoms with van der Waals surface area (Å²) in [5, 5.41) is 5.93. The minimum atomic E-state index is -0.461. The van der Waals surface area contributed by atoms with E-state index in [4.69, 9.17) is 14.2 Å². The maximum absolute atomic E-state index is 13.6. The second-order valence-electron chi connectivity index (χ2n) is 8.26. The molecule has 0 unspecified atom stereocenters. The van der Waals surface area contributed by atoms with Crippen LogP contribution in [0.5, 0.6) is 23.1 Å². The fourth-order valence-corrected chi connectivity index (χ4v) is 4.16. The molecule has 0 aliphatic heterocycles. The molecule has 2 N–H and O–H groups in total. The number of pyridine rings is 2. The molecule has 0 saturated heterocycles. The van der Waals surface area contributed by atoms with E-state index in [9.17, 15) is 14.0 Å². The normalized spacial score (nSPS) is 11.9. The van der Waals surface area contributed by atoms with Crippen LogP contribution in [0.1, 0.15) is 12.5 Å². The third-order valence-electron chi connectivity index (χ3n) is 5.79. The Morgan fingerprint density at radius 3 is 2.35 bits per heavy atom. The number of anilines is 1. The van der Waals surface area contributed by atoms with Crippen LogP contribution in [0.2, 0.25) is 0 Å². The quantitative estimate of drug-likeness (QED) is 0.130. The molecule has 0 fully saturated rings. The van der Waals surface area contributed by atoms with Crippen molar-refractivity contribution in [1.82, 2.24) is 15.3 Å². The van der Waals surface area contributed by atoms with Crippen molar-refractivity contribution >= 4 is 50.4 Å². The van der Waals surface area contributed by atoms with E-state index in [1.807, 2.05) is 0 Å². The van der Waals surface area contributed by atoms with Gasteiger partial charge in [0.15, 0.2) is 11.5 Å². The number of nitrogens with zero attached hydrogens (tertiary/aromatic N) is 2. The molecule has 2 amide bonds. The van der Waals surface area contributed by atoms with Crippen molar-refractivity contribution in [3.63, 3.8) is 0 Å². The highest BCUT2D eigenvalue weighted by atomic mass is 79.9. The van der Waals surface area contributed by atoms with Crippen LogP contribution in [0.3, 0.4) is 0 Å². The van der Waals surface area contributed by atoms with Crippen LogP contribution in [0, 0.1) is 5.82 Å². The van der Waals surface area contributed by atoms with Crippen molar-refractivity contribution in [2.75, 3.05) is 19.5 Å². The highest BCUT2D eigenvalue weighted by molar-refractivity contribution is 9.12. The number of hydrogen-bond donors (Lipinski definition) is 2. The lowest BCUT2D eigenvalue weighted by Gasteiger charge is -2.14. The first-order valence-corrected chi connectivity index (χ1v) is 12.6. The van der Waals surface area contributed by atoms with E-state index >= 15 is 0 Å². The van der Waals surface area contributed by atoms with Gasteiger partial charge in [-0.1, -0.05) is 12.1 Å². The average molecular weight is 607 g/mol. The maximum Gasteiger partial charge on any atom is 0.256 e. The molecule has 4 rings (SSSR count). The van der Waals surface area contributed by atoms with Gasteiger partial charge in [0.05, 0.1) is 37.2 Å². The van der Waals surface area contributed by atoms with Gasteiger partial charge in [-0.15, -0.1) is 0 Å². The van der Waals surface area contributed by atoms with Gasteiger partial charge in [0, 0.05) is 34.4 Å². The van der Waals surface area contributed by atoms with Crippen molar-refractivity contribution in [3.8, 4) is 23.1 Å². The average Bonchev–Trinajstić information content (AvgIpc) is 2.97. The number of aromatic nitrogens is 2. The summed E-state index contributed by atoms with van der Waals surface area (Å²) in [6.07, 6.45) is 4.97. The Bertz CT molecular complexity index is 1610. The Kier molecular flexibility index (Phi) is 9.07. The monoisotopic (exact) mass is 606 g/mol. The van der Waals surface area contributed by atoms with E-state index < -0.39 is 11.7 Å². The summed E-state index contributed by atoms with van der Waals surface area (Å²) >= 11 is 3.37. The number of amides is 2. The molecule has 2 aromatic heterocycles. The lowest BCUT2D eigenvalue weighted by Crippen LogP contribution is -2.15. The zero-order valence-corrected chi connectivity index (χ0v) is 23.3. The molecular weight excluding hydrogens is 583 g/mol. The summed E-state index contributed by atoms with van der Waals surface area (Å²) in [6.45, 7) is 1.70. The van der Waals surface area contributed by atoms with Gasteiger partial charge < -0.3 is 24.8 Å². The molecule has 4 aromatic rings. The van der Waals surface area contributed by atoms with Gasteiger partial charge in [-0.05, 0) is 64.3 Å². The van der Waals surface area contributed by atoms with E-state index in [2.05, 4.69) is 36.5 Å². The number of fused-ring (bicyclic) bond motifs is 1. The van der Waals surface area contributed by atoms with Crippen LogP contribution in [0.15, 0.2) is 83.2 Å². The highest BCUT2D eigenvalue weighted by Crippen LogP contribution is 2.36. The zero-order valence-electron chi connectivity index (χ0n) is 21.7. The number of carbonyl (C=O) groups excluding carboxylic acids is 2. The molecule has 0 atom stereocenters. The SMILES string of the molecule is COc1cc2nccc(Oc3ccc(NC(=O)/C(=C(C)/C(Br)=C\NC=O)c4ccc(F)cc4)cn3)c2cc1OC. The molecule has 204 valence electrons. The van der Waals surface area contributed by atoms with Crippen molar-refractivity contribution < 1.29 is 28.2 Å². The number of hydrogen-bond acceptors (Lipinski definition) is 7. The molecule has 2 heterocycles. The Morgan fingerprint density at radius 2 is 1.70 bits per heavy atom. The van der Waals surface area contributed by atoms with Gasteiger partial charge in [0.1, 0.15) is 11.6 Å². The Balaban J connectivity index is 1.59. The number of ether oxygens (including phenoxy) is 3. The molecule has 0 spiro atoms. The van der Waals surface area contributed by atoms with Crippen LogP contribution >= 0.6 is 15.9 Å². The van der Waals surface area contributed by atoms with E-state index in [1.165, 1.54) is 36.7 Å². The lowest BCUT2D eigenvalue weighted by molar-refractivity contribution is -0.111. The van der Waals surface area contributed by atoms with E-state index in [1.54, 1.807) is 57.7 Å². The summed E-state index contributed by atoms with van der Waals surface area (Å²) in [4.78, 5) is 32.8. The molecule has 0 bridgehead atoms. The van der Waals surface area contributed by atoms with E-state index in [0.717, 1.165) is 0 Å². The number of carbonyl (C=O) groups is 2. The molecule has 2 aromatic carbocycles. The minimum absolute atomic E-state index is 0.267. The van der Waals surface area contributed by atoms with Crippen LogP contribution in [0.25, 0.3) is 16.5 Å². The fourth-order valence-electron chi connectivity index (χ4n) is 3.83. The van der Waals surface area contributed by atoms with Crippen molar-refractivity contribution in [1.29, 1.82) is 0 Å². The van der Waals surface area contributed by atoms with Gasteiger partial charge in [0.25, 0.3) is 5.91 Å². The van der Waals surface area contributed by atoms with Crippen molar-refractivity contribution in [2.45, 2.75) is 6.92 Å². The predicted molar refractivity (Wildman–Crippen MR) is 153 cm³/mol. The summed E-state index contributed by atoms with van der Waals surface area (Å²) in [5.41, 5.74) is 2.32. The third-order valence-corrected chi connectivity index (χ3v) is 6.61. The van der Waals surface area contributed by atoms with Crippen LogP contribution in [0.4, 0.5) is 10.1 Å². The summed E-state index contributed by atoms with van der Waals surface area (Å²) in [6, 6.07) is 14.0. The Hall–Kier alpha value is -4.77. The highest BCUT2D eigenvalue weighted by Gasteiger charge is 2.18. The molecule has 9 nitrogen and oxygen atoms in total. The largest absolute Gasteiger partial charge is 0.493 e. The van der Waals surface area contributed by atoms with Gasteiger partial charge in [0.2, 0.25) is 12.3 Å². The van der Waals surface area contributed by atoms with E-state index in [-0.39, 0.29) is 11.5 Å². The summed E-state index contributed by atoms with van der Waals surface area (Å²) in [7, 11) is 3.10. The Labute approximate surface area is 237 Å². The van der Waals surface area contributed by atoms with E-state index in [0.29, 0.717) is 55.9 Å². The number of nitrogens with one attached hydrogen (secondary N) is 2. The molecule has 0 aliphatic carbocycles. The number of methoxy groups -OCH3 is 2. The first-order chi connectivity index (χ1) is 19.3. The van der Waals surface area contributed by atoms with Crippen LogP contribution < -0.4 is 24.8 Å². The summed E-state index contributed by atoms with van der Waals surface area (Å²) < 4.78 is 30.8. The second kappa shape index (κ2) is 12.9. The predicted octanol–water partition coefficient (Wildman–Crippen LogP) is 5.97. The van der Waals surface area contributed by atoms with Gasteiger partial charge in [-0.2, -0.15) is 0 Å². The maximum atomic E-state index is 13.6. The smallest absolute Gasteiger partial charge is 0.256 e. The van der Waals surface area contributed by atoms with Crippen LogP contribution in [-0.2, 0) is 9.59 Å². The molecule has 0 saturated carbocycles. The topological polar surface area (TPSA) is 112 Å². The molecule has 0 aliphatic rings. The van der Waals surface area contributed by atoms with Crippen molar-refractivity contribution in [3.05, 3.63) is 94.6 Å². The zero-order chi connectivity index (χ0) is 28.6. The fraction of sp³-hybridized carbons (Fsp3) is 0.103. The summed E-state index contributed by atoms with van der Waals surface area (Å²) in [5.74, 6) is 0.978. The van der Waals surface area contributed by atoms with Gasteiger partial charge in [-0.3, -0.25) is 14.6 Å². The number of halogens is 2. The van der Waals surface area contributed by atoms with Crippen molar-refractivity contribution in [2.24, 2.45) is 0 Å². The van der Waals surface area contributed by atoms with Crippen LogP contribution in [-0.4, -0.2) is 36.5 Å². The first-order valence-electron chi connectivity index (χ1n) is 11.8. The first kappa shape index (κ1) is 28.2. The molecule has 0 radical (unpaired) electrons. The molecule has 11 heteroatoms. The third kappa shape index (κ3) is 6.44. The molecule has 40 heavy (non-hydrogen) atoms. The minimum Gasteiger partial charge on any atom is -0.493 e. The number of benzene rings is 2.